The van der Waals surface area contributed by atoms with E-state index in [4.69, 9.17) is 4.74 Å². The van der Waals surface area contributed by atoms with Gasteiger partial charge in [0.05, 0.1) is 11.9 Å². The highest BCUT2D eigenvalue weighted by Crippen LogP contribution is 2.19. The van der Waals surface area contributed by atoms with E-state index < -0.39 is 23.5 Å². The molecule has 0 radical (unpaired) electrons. The predicted molar refractivity (Wildman–Crippen MR) is 114 cm³/mol. The third-order valence-corrected chi connectivity index (χ3v) is 3.92. The van der Waals surface area contributed by atoms with Crippen molar-refractivity contribution < 1.29 is 23.5 Å². The van der Waals surface area contributed by atoms with Crippen molar-refractivity contribution in [1.82, 2.24) is 10.7 Å². The molecule has 156 valence electrons. The van der Waals surface area contributed by atoms with Gasteiger partial charge in [-0.1, -0.05) is 34.1 Å². The fourth-order valence-electron chi connectivity index (χ4n) is 2.07. The Morgan fingerprint density at radius 2 is 1.97 bits per heavy atom. The van der Waals surface area contributed by atoms with Gasteiger partial charge in [-0.15, -0.1) is 6.58 Å². The number of nitrogens with zero attached hydrogens (tertiary/aromatic N) is 1. The molecule has 0 aliphatic rings. The number of hydrogen-bond acceptors (Lipinski definition) is 5. The summed E-state index contributed by atoms with van der Waals surface area (Å²) in [7, 11) is 0. The Morgan fingerprint density at radius 1 is 1.17 bits per heavy atom. The number of rotatable bonds is 8. The second-order valence-electron chi connectivity index (χ2n) is 5.73. The maximum atomic E-state index is 13.8. The number of carbonyl (C=O) groups is 3. The van der Waals surface area contributed by atoms with Gasteiger partial charge in [0.15, 0.2) is 6.61 Å². The Kier molecular flexibility index (Phi) is 8.70. The first-order valence-electron chi connectivity index (χ1n) is 8.59. The summed E-state index contributed by atoms with van der Waals surface area (Å²) in [5, 5.41) is 8.42. The molecule has 2 aromatic carbocycles. The van der Waals surface area contributed by atoms with Crippen LogP contribution >= 0.6 is 15.9 Å². The number of halogens is 2. The number of hydrazone groups is 1. The monoisotopic (exact) mass is 476 g/mol. The van der Waals surface area contributed by atoms with Crippen molar-refractivity contribution in [2.75, 3.05) is 18.5 Å². The first-order chi connectivity index (χ1) is 14.4. The minimum atomic E-state index is -0.919. The van der Waals surface area contributed by atoms with Crippen LogP contribution in [0.2, 0.25) is 0 Å². The van der Waals surface area contributed by atoms with Crippen LogP contribution in [0, 0.1) is 5.82 Å². The number of amides is 3. The lowest BCUT2D eigenvalue weighted by molar-refractivity contribution is -0.139. The molecule has 30 heavy (non-hydrogen) atoms. The molecule has 8 nitrogen and oxygen atoms in total. The average Bonchev–Trinajstić information content (AvgIpc) is 2.72. The highest BCUT2D eigenvalue weighted by Gasteiger charge is 2.11. The normalized spacial score (nSPS) is 10.3. The van der Waals surface area contributed by atoms with Crippen LogP contribution in [0.1, 0.15) is 5.56 Å². The molecule has 0 unspecified atom stereocenters. The maximum Gasteiger partial charge on any atom is 0.329 e. The summed E-state index contributed by atoms with van der Waals surface area (Å²) in [4.78, 5) is 34.9. The summed E-state index contributed by atoms with van der Waals surface area (Å²) in [6.07, 6.45) is 2.75. The van der Waals surface area contributed by atoms with Gasteiger partial charge < -0.3 is 15.4 Å². The molecule has 0 aromatic heterocycles. The van der Waals surface area contributed by atoms with Gasteiger partial charge in [-0.05, 0) is 35.9 Å². The molecule has 0 aliphatic carbocycles. The topological polar surface area (TPSA) is 109 Å². The van der Waals surface area contributed by atoms with E-state index in [1.165, 1.54) is 24.4 Å². The van der Waals surface area contributed by atoms with Crippen molar-refractivity contribution in [1.29, 1.82) is 0 Å². The number of hydrogen-bond donors (Lipinski definition) is 3. The highest BCUT2D eigenvalue weighted by molar-refractivity contribution is 9.10. The standard InChI is InChI=1S/C20H18BrFN4O4/c1-2-8-23-19(28)20(29)26-24-11-13-4-3-5-15(9-13)30-12-18(27)25-17-7-6-14(21)10-16(17)22/h2-7,9-11H,1,8,12H2,(H,23,28)(H,25,27)(H,26,29)/b24-11-. The zero-order chi connectivity index (χ0) is 21.9. The van der Waals surface area contributed by atoms with Crippen LogP contribution in [0.3, 0.4) is 0 Å². The van der Waals surface area contributed by atoms with Crippen molar-refractivity contribution in [3.63, 3.8) is 0 Å². The van der Waals surface area contributed by atoms with Gasteiger partial charge >= 0.3 is 11.8 Å². The predicted octanol–water partition coefficient (Wildman–Crippen LogP) is 2.36. The fourth-order valence-corrected chi connectivity index (χ4v) is 2.41. The number of ether oxygens (including phenoxy) is 1. The van der Waals surface area contributed by atoms with Crippen molar-refractivity contribution in [2.45, 2.75) is 0 Å². The summed E-state index contributed by atoms with van der Waals surface area (Å²) >= 11 is 3.14. The number of anilines is 1. The van der Waals surface area contributed by atoms with Gasteiger partial charge in [-0.2, -0.15) is 5.10 Å². The number of nitrogens with one attached hydrogen (secondary N) is 3. The molecule has 3 amide bonds. The van der Waals surface area contributed by atoms with E-state index >= 15 is 0 Å². The molecule has 0 saturated carbocycles. The largest absolute Gasteiger partial charge is 0.484 e. The van der Waals surface area contributed by atoms with Crippen LogP contribution in [0.25, 0.3) is 0 Å². The van der Waals surface area contributed by atoms with E-state index in [1.807, 2.05) is 0 Å². The Hall–Kier alpha value is -3.53. The lowest BCUT2D eigenvalue weighted by atomic mass is 10.2. The van der Waals surface area contributed by atoms with Crippen LogP contribution in [0.4, 0.5) is 10.1 Å². The first-order valence-corrected chi connectivity index (χ1v) is 9.38. The lowest BCUT2D eigenvalue weighted by Gasteiger charge is -2.09. The Morgan fingerprint density at radius 3 is 2.70 bits per heavy atom. The van der Waals surface area contributed by atoms with Crippen molar-refractivity contribution in [2.24, 2.45) is 5.10 Å². The molecule has 0 bridgehead atoms. The summed E-state index contributed by atoms with van der Waals surface area (Å²) in [6, 6.07) is 10.8. The van der Waals surface area contributed by atoms with Crippen molar-refractivity contribution >= 4 is 45.6 Å². The third kappa shape index (κ3) is 7.47. The van der Waals surface area contributed by atoms with Crippen LogP contribution in [-0.4, -0.2) is 37.1 Å². The third-order valence-electron chi connectivity index (χ3n) is 3.43. The smallest absolute Gasteiger partial charge is 0.329 e. The zero-order valence-electron chi connectivity index (χ0n) is 15.7. The Balaban J connectivity index is 1.86. The van der Waals surface area contributed by atoms with Gasteiger partial charge in [-0.3, -0.25) is 14.4 Å². The maximum absolute atomic E-state index is 13.8. The van der Waals surface area contributed by atoms with E-state index in [0.717, 1.165) is 0 Å². The molecule has 0 atom stereocenters. The van der Waals surface area contributed by atoms with Gasteiger partial charge in [0, 0.05) is 11.0 Å². The van der Waals surface area contributed by atoms with Gasteiger partial charge in [0.25, 0.3) is 5.91 Å². The second-order valence-corrected chi connectivity index (χ2v) is 6.65. The van der Waals surface area contributed by atoms with E-state index in [-0.39, 0.29) is 18.8 Å². The summed E-state index contributed by atoms with van der Waals surface area (Å²) in [5.41, 5.74) is 2.68. The molecular weight excluding hydrogens is 459 g/mol. The molecular formula is C20H18BrFN4O4. The van der Waals surface area contributed by atoms with Crippen LogP contribution in [-0.2, 0) is 14.4 Å². The minimum absolute atomic E-state index is 0.0422. The zero-order valence-corrected chi connectivity index (χ0v) is 17.2. The number of benzene rings is 2. The molecule has 0 fully saturated rings. The summed E-state index contributed by atoms with van der Waals surface area (Å²) in [5.74, 6) is -2.50. The molecule has 0 heterocycles. The van der Waals surface area contributed by atoms with Crippen molar-refractivity contribution in [3.8, 4) is 5.75 Å². The summed E-state index contributed by atoms with van der Waals surface area (Å²) < 4.78 is 19.7. The van der Waals surface area contributed by atoms with Gasteiger partial charge in [0.1, 0.15) is 11.6 Å². The molecule has 0 aliphatic heterocycles. The number of carbonyl (C=O) groups excluding carboxylic acids is 3. The Bertz CT molecular complexity index is 981. The van der Waals surface area contributed by atoms with E-state index in [0.29, 0.717) is 15.8 Å². The highest BCUT2D eigenvalue weighted by atomic mass is 79.9. The second kappa shape index (κ2) is 11.5. The van der Waals surface area contributed by atoms with Crippen LogP contribution < -0.4 is 20.8 Å². The molecule has 2 aromatic rings. The summed E-state index contributed by atoms with van der Waals surface area (Å²) in [6.45, 7) is 3.25. The van der Waals surface area contributed by atoms with E-state index in [2.05, 4.69) is 43.7 Å². The fraction of sp³-hybridized carbons (Fsp3) is 0.100. The van der Waals surface area contributed by atoms with Gasteiger partial charge in [-0.25, -0.2) is 9.82 Å². The van der Waals surface area contributed by atoms with Crippen LogP contribution in [0.15, 0.2) is 64.7 Å². The first kappa shape index (κ1) is 22.8. The molecule has 0 saturated heterocycles. The molecule has 2 rings (SSSR count). The van der Waals surface area contributed by atoms with Crippen molar-refractivity contribution in [3.05, 3.63) is 71.0 Å². The Labute approximate surface area is 180 Å². The minimum Gasteiger partial charge on any atom is -0.484 e. The van der Waals surface area contributed by atoms with Gasteiger partial charge in [0.2, 0.25) is 0 Å². The quantitative estimate of drug-likeness (QED) is 0.235. The van der Waals surface area contributed by atoms with Crippen LogP contribution in [0.5, 0.6) is 5.75 Å². The molecule has 0 spiro atoms. The molecule has 10 heteroatoms. The SMILES string of the molecule is C=CCNC(=O)C(=O)N/N=C\c1cccc(OCC(=O)Nc2ccc(Br)cc2F)c1. The van der Waals surface area contributed by atoms with E-state index in [1.54, 1.807) is 30.3 Å². The average molecular weight is 477 g/mol. The molecule has 3 N–H and O–H groups in total. The van der Waals surface area contributed by atoms with E-state index in [9.17, 15) is 18.8 Å². The lowest BCUT2D eigenvalue weighted by Crippen LogP contribution is -2.37.